The first-order chi connectivity index (χ1) is 3.84. The normalized spacial score (nSPS) is 32.9. The van der Waals surface area contributed by atoms with E-state index in [1.807, 2.05) is 0 Å². The van der Waals surface area contributed by atoms with E-state index in [1.165, 1.54) is 0 Å². The second-order valence-electron chi connectivity index (χ2n) is 2.00. The van der Waals surface area contributed by atoms with Gasteiger partial charge in [-0.25, -0.2) is 0 Å². The SMILES string of the molecule is C#C[C@@H]1CNC[C@H]1O.Cl. The Bertz CT molecular complexity index is 121. The molecular formula is C6H10ClNO. The van der Waals surface area contributed by atoms with Crippen molar-refractivity contribution in [3.8, 4) is 12.3 Å². The molecule has 1 rings (SSSR count). The van der Waals surface area contributed by atoms with Gasteiger partial charge in [-0.1, -0.05) is 5.92 Å². The fraction of sp³-hybridized carbons (Fsp3) is 0.667. The van der Waals surface area contributed by atoms with E-state index in [0.717, 1.165) is 6.54 Å². The van der Waals surface area contributed by atoms with E-state index in [2.05, 4.69) is 11.2 Å². The van der Waals surface area contributed by atoms with Gasteiger partial charge in [-0.15, -0.1) is 18.8 Å². The number of aliphatic hydroxyl groups excluding tert-OH is 1. The van der Waals surface area contributed by atoms with Crippen molar-refractivity contribution < 1.29 is 5.11 Å². The summed E-state index contributed by atoms with van der Waals surface area (Å²) in [6.07, 6.45) is 4.75. The molecule has 1 fully saturated rings. The van der Waals surface area contributed by atoms with Gasteiger partial charge >= 0.3 is 0 Å². The molecule has 0 aromatic rings. The lowest BCUT2D eigenvalue weighted by molar-refractivity contribution is 0.171. The van der Waals surface area contributed by atoms with Crippen molar-refractivity contribution in [1.29, 1.82) is 0 Å². The maximum Gasteiger partial charge on any atom is 0.0814 e. The highest BCUT2D eigenvalue weighted by atomic mass is 35.5. The molecule has 0 bridgehead atoms. The molecule has 1 aliphatic heterocycles. The average molecular weight is 148 g/mol. The number of β-amino-alcohol motifs (C(OH)–C–C–N with tert-alkyl or cyclic N) is 1. The number of rotatable bonds is 0. The second-order valence-corrected chi connectivity index (χ2v) is 2.00. The highest BCUT2D eigenvalue weighted by Crippen LogP contribution is 2.05. The molecule has 0 aromatic heterocycles. The highest BCUT2D eigenvalue weighted by Gasteiger charge is 2.21. The Morgan fingerprint density at radius 1 is 1.56 bits per heavy atom. The molecule has 0 aliphatic carbocycles. The van der Waals surface area contributed by atoms with Gasteiger partial charge in [0.2, 0.25) is 0 Å². The van der Waals surface area contributed by atoms with Crippen LogP contribution in [0.15, 0.2) is 0 Å². The number of hydrogen-bond acceptors (Lipinski definition) is 2. The summed E-state index contributed by atoms with van der Waals surface area (Å²) in [5.74, 6) is 2.54. The lowest BCUT2D eigenvalue weighted by atomic mass is 10.1. The van der Waals surface area contributed by atoms with E-state index in [0.29, 0.717) is 6.54 Å². The lowest BCUT2D eigenvalue weighted by Gasteiger charge is -2.02. The van der Waals surface area contributed by atoms with Crippen LogP contribution in [0.4, 0.5) is 0 Å². The fourth-order valence-corrected chi connectivity index (χ4v) is 0.835. The third-order valence-electron chi connectivity index (χ3n) is 1.40. The molecule has 3 heteroatoms. The quantitative estimate of drug-likeness (QED) is 0.458. The van der Waals surface area contributed by atoms with E-state index in [-0.39, 0.29) is 24.4 Å². The van der Waals surface area contributed by atoms with Gasteiger partial charge in [0, 0.05) is 13.1 Å². The molecule has 2 atom stereocenters. The minimum absolute atomic E-state index is 0. The van der Waals surface area contributed by atoms with Crippen LogP contribution in [0.25, 0.3) is 0 Å². The summed E-state index contributed by atoms with van der Waals surface area (Å²) in [5.41, 5.74) is 0. The minimum atomic E-state index is -0.319. The maximum atomic E-state index is 8.98. The molecule has 1 heterocycles. The van der Waals surface area contributed by atoms with Crippen LogP contribution in [0.2, 0.25) is 0 Å². The molecule has 9 heavy (non-hydrogen) atoms. The van der Waals surface area contributed by atoms with Crippen LogP contribution in [0.5, 0.6) is 0 Å². The zero-order chi connectivity index (χ0) is 5.98. The third kappa shape index (κ3) is 1.87. The first-order valence-electron chi connectivity index (χ1n) is 2.69. The van der Waals surface area contributed by atoms with E-state index >= 15 is 0 Å². The summed E-state index contributed by atoms with van der Waals surface area (Å²) in [4.78, 5) is 0. The molecule has 0 aromatic carbocycles. The highest BCUT2D eigenvalue weighted by molar-refractivity contribution is 5.85. The van der Waals surface area contributed by atoms with Crippen molar-refractivity contribution in [2.24, 2.45) is 5.92 Å². The van der Waals surface area contributed by atoms with Gasteiger partial charge in [0.15, 0.2) is 0 Å². The van der Waals surface area contributed by atoms with E-state index in [1.54, 1.807) is 0 Å². The minimum Gasteiger partial charge on any atom is -0.390 e. The molecule has 0 amide bonds. The summed E-state index contributed by atoms with van der Waals surface area (Å²) in [5, 5.41) is 12.0. The van der Waals surface area contributed by atoms with Crippen LogP contribution >= 0.6 is 12.4 Å². The van der Waals surface area contributed by atoms with Crippen molar-refractivity contribution in [1.82, 2.24) is 5.32 Å². The van der Waals surface area contributed by atoms with Crippen LogP contribution in [0.1, 0.15) is 0 Å². The van der Waals surface area contributed by atoms with E-state index in [4.69, 9.17) is 11.5 Å². The van der Waals surface area contributed by atoms with Gasteiger partial charge in [0.25, 0.3) is 0 Å². The molecule has 2 N–H and O–H groups in total. The van der Waals surface area contributed by atoms with Gasteiger partial charge in [-0.3, -0.25) is 0 Å². The number of nitrogens with one attached hydrogen (secondary N) is 1. The van der Waals surface area contributed by atoms with Crippen molar-refractivity contribution in [2.45, 2.75) is 6.10 Å². The Kier molecular flexibility index (Phi) is 3.64. The molecule has 0 unspecified atom stereocenters. The average Bonchev–Trinajstić information content (AvgIpc) is 2.14. The number of halogens is 1. The van der Waals surface area contributed by atoms with Gasteiger partial charge in [0.05, 0.1) is 12.0 Å². The van der Waals surface area contributed by atoms with E-state index in [9.17, 15) is 0 Å². The van der Waals surface area contributed by atoms with Crippen molar-refractivity contribution in [2.75, 3.05) is 13.1 Å². The second kappa shape index (κ2) is 3.73. The lowest BCUT2D eigenvalue weighted by Crippen LogP contribution is -2.15. The summed E-state index contributed by atoms with van der Waals surface area (Å²) in [7, 11) is 0. The van der Waals surface area contributed by atoms with Crippen LogP contribution in [0.3, 0.4) is 0 Å². The van der Waals surface area contributed by atoms with Crippen molar-refractivity contribution >= 4 is 12.4 Å². The molecule has 2 nitrogen and oxygen atoms in total. The Labute approximate surface area is 61.1 Å². The van der Waals surface area contributed by atoms with Gasteiger partial charge in [-0.2, -0.15) is 0 Å². The molecule has 52 valence electrons. The Morgan fingerprint density at radius 2 is 2.22 bits per heavy atom. The Morgan fingerprint density at radius 3 is 2.44 bits per heavy atom. The molecule has 1 aliphatic rings. The zero-order valence-corrected chi connectivity index (χ0v) is 5.82. The number of terminal acetylenes is 1. The first kappa shape index (κ1) is 8.77. The van der Waals surface area contributed by atoms with Crippen LogP contribution in [-0.2, 0) is 0 Å². The Hall–Kier alpha value is -0.230. The molecule has 0 radical (unpaired) electrons. The third-order valence-corrected chi connectivity index (χ3v) is 1.40. The van der Waals surface area contributed by atoms with Gasteiger partial charge < -0.3 is 10.4 Å². The largest absolute Gasteiger partial charge is 0.390 e. The van der Waals surface area contributed by atoms with Crippen LogP contribution < -0.4 is 5.32 Å². The first-order valence-corrected chi connectivity index (χ1v) is 2.69. The summed E-state index contributed by atoms with van der Waals surface area (Å²) >= 11 is 0. The standard InChI is InChI=1S/C6H9NO.ClH/c1-2-5-3-7-4-6(5)8;/h1,5-8H,3-4H2;1H/t5-,6-;/m1./s1. The number of hydrogen-bond donors (Lipinski definition) is 2. The van der Waals surface area contributed by atoms with Crippen LogP contribution in [0, 0.1) is 18.3 Å². The van der Waals surface area contributed by atoms with Gasteiger partial charge in [0.1, 0.15) is 0 Å². The van der Waals surface area contributed by atoms with E-state index < -0.39 is 0 Å². The van der Waals surface area contributed by atoms with Crippen molar-refractivity contribution in [3.63, 3.8) is 0 Å². The zero-order valence-electron chi connectivity index (χ0n) is 5.00. The summed E-state index contributed by atoms with van der Waals surface area (Å²) in [6.45, 7) is 1.41. The molecular weight excluding hydrogens is 138 g/mol. The molecule has 0 spiro atoms. The van der Waals surface area contributed by atoms with Gasteiger partial charge in [-0.05, 0) is 0 Å². The maximum absolute atomic E-state index is 8.98. The predicted octanol–water partition coefficient (Wildman–Crippen LogP) is -0.378. The monoisotopic (exact) mass is 147 g/mol. The number of aliphatic hydroxyl groups is 1. The topological polar surface area (TPSA) is 32.3 Å². The fourth-order valence-electron chi connectivity index (χ4n) is 0.835. The smallest absolute Gasteiger partial charge is 0.0814 e. The van der Waals surface area contributed by atoms with Crippen LogP contribution in [-0.4, -0.2) is 24.3 Å². The molecule has 0 saturated carbocycles. The summed E-state index contributed by atoms with van der Waals surface area (Å²) in [6, 6.07) is 0. The molecule has 1 saturated heterocycles. The van der Waals surface area contributed by atoms with Crippen molar-refractivity contribution in [3.05, 3.63) is 0 Å². The predicted molar refractivity (Wildman–Crippen MR) is 38.4 cm³/mol. The Balaban J connectivity index is 0.000000640. The summed E-state index contributed by atoms with van der Waals surface area (Å²) < 4.78 is 0.